The summed E-state index contributed by atoms with van der Waals surface area (Å²) in [5.74, 6) is 0. The van der Waals surface area contributed by atoms with Gasteiger partial charge in [0.1, 0.15) is 0 Å². The van der Waals surface area contributed by atoms with E-state index in [-0.39, 0.29) is 6.04 Å². The number of hydrogen-bond donors (Lipinski definition) is 1. The molecule has 0 saturated carbocycles. The fraction of sp³-hybridized carbons (Fsp3) is 0.263. The van der Waals surface area contributed by atoms with Gasteiger partial charge in [-0.05, 0) is 29.3 Å². The van der Waals surface area contributed by atoms with Crippen LogP contribution >= 0.6 is 11.6 Å². The van der Waals surface area contributed by atoms with Gasteiger partial charge in [0.05, 0.1) is 32.7 Å². The third kappa shape index (κ3) is 4.50. The second-order valence-electron chi connectivity index (χ2n) is 6.35. The van der Waals surface area contributed by atoms with Crippen LogP contribution in [0.1, 0.15) is 17.2 Å². The summed E-state index contributed by atoms with van der Waals surface area (Å²) in [6, 6.07) is 16.8. The summed E-state index contributed by atoms with van der Waals surface area (Å²) in [4.78, 5) is 1.34. The summed E-state index contributed by atoms with van der Waals surface area (Å²) in [5.41, 5.74) is 1.84. The van der Waals surface area contributed by atoms with E-state index >= 15 is 0 Å². The molecule has 1 N–H and O–H groups in total. The van der Waals surface area contributed by atoms with Crippen molar-refractivity contribution in [3.63, 3.8) is 0 Å². The van der Waals surface area contributed by atoms with Crippen LogP contribution in [0.15, 0.2) is 60.0 Å². The van der Waals surface area contributed by atoms with Crippen LogP contribution in [-0.2, 0) is 10.0 Å². The van der Waals surface area contributed by atoms with Crippen LogP contribution < -0.4 is 4.90 Å². The topological polar surface area (TPSA) is 41.8 Å². The molecule has 0 spiro atoms. The molecule has 1 saturated heterocycles. The molecule has 6 heteroatoms. The Balaban J connectivity index is 1.87. The third-order valence-electron chi connectivity index (χ3n) is 4.46. The fourth-order valence-corrected chi connectivity index (χ4v) is 4.58. The Bertz CT molecular complexity index is 835. The molecule has 0 bridgehead atoms. The Morgan fingerprint density at radius 1 is 1.12 bits per heavy atom. The van der Waals surface area contributed by atoms with Gasteiger partial charge in [-0.1, -0.05) is 54.1 Å². The zero-order valence-electron chi connectivity index (χ0n) is 14.1. The predicted octanol–water partition coefficient (Wildman–Crippen LogP) is 2.21. The molecule has 1 aliphatic rings. The minimum Gasteiger partial charge on any atom is -0.335 e. The molecule has 2 atom stereocenters. The van der Waals surface area contributed by atoms with Crippen molar-refractivity contribution >= 4 is 27.7 Å². The van der Waals surface area contributed by atoms with Crippen LogP contribution in [0.5, 0.6) is 0 Å². The van der Waals surface area contributed by atoms with Gasteiger partial charge < -0.3 is 4.90 Å². The molecular weight excluding hydrogens is 356 g/mol. The summed E-state index contributed by atoms with van der Waals surface area (Å²) in [7, 11) is -1.41. The van der Waals surface area contributed by atoms with Crippen molar-refractivity contribution < 1.29 is 13.3 Å². The number of sulfonamides is 1. The minimum absolute atomic E-state index is 0.144. The Morgan fingerprint density at radius 3 is 2.48 bits per heavy atom. The van der Waals surface area contributed by atoms with Crippen molar-refractivity contribution in [2.24, 2.45) is 0 Å². The molecule has 1 unspecified atom stereocenters. The van der Waals surface area contributed by atoms with E-state index in [1.54, 1.807) is 34.6 Å². The number of piperazine rings is 1. The predicted molar refractivity (Wildman–Crippen MR) is 102 cm³/mol. The van der Waals surface area contributed by atoms with Crippen molar-refractivity contribution in [3.05, 3.63) is 76.2 Å². The molecule has 4 nitrogen and oxygen atoms in total. The van der Waals surface area contributed by atoms with Crippen molar-refractivity contribution in [3.8, 4) is 0 Å². The Labute approximate surface area is 154 Å². The molecule has 1 heterocycles. The molecular formula is C19H22ClN2O2S+. The zero-order chi connectivity index (χ0) is 17.9. The molecule has 25 heavy (non-hydrogen) atoms. The van der Waals surface area contributed by atoms with E-state index in [2.05, 4.69) is 7.05 Å². The number of halogens is 1. The molecule has 1 fully saturated rings. The van der Waals surface area contributed by atoms with Crippen molar-refractivity contribution in [2.75, 3.05) is 26.7 Å². The van der Waals surface area contributed by atoms with Crippen molar-refractivity contribution in [2.45, 2.75) is 6.04 Å². The molecule has 2 aromatic rings. The van der Waals surface area contributed by atoms with Crippen LogP contribution in [0.4, 0.5) is 0 Å². The standard InChI is InChI=1S/C19H21ClN2O2S/c1-21-12-13-22(19(15-21)17-5-3-2-4-6-17)25(23,24)14-11-16-7-9-18(20)10-8-16/h2-11,14,19H,12-13,15H2,1H3/p+1/b14-11+/t19-/m0/s1. The van der Waals surface area contributed by atoms with E-state index in [1.165, 1.54) is 10.3 Å². The average Bonchev–Trinajstić information content (AvgIpc) is 2.62. The zero-order valence-corrected chi connectivity index (χ0v) is 15.7. The summed E-state index contributed by atoms with van der Waals surface area (Å²) < 4.78 is 27.5. The van der Waals surface area contributed by atoms with Crippen LogP contribution in [0.3, 0.4) is 0 Å². The Hall–Kier alpha value is -1.66. The number of rotatable bonds is 4. The number of quaternary nitrogens is 1. The van der Waals surface area contributed by atoms with E-state index in [9.17, 15) is 8.42 Å². The quantitative estimate of drug-likeness (QED) is 0.887. The first kappa shape index (κ1) is 18.1. The largest absolute Gasteiger partial charge is 0.335 e. The van der Waals surface area contributed by atoms with Gasteiger partial charge in [0.25, 0.3) is 0 Å². The van der Waals surface area contributed by atoms with Crippen molar-refractivity contribution in [1.29, 1.82) is 0 Å². The lowest BCUT2D eigenvalue weighted by atomic mass is 10.1. The highest BCUT2D eigenvalue weighted by atomic mass is 35.5. The second kappa shape index (κ2) is 7.70. The number of benzene rings is 2. The normalized spacial score (nSPS) is 22.3. The molecule has 132 valence electrons. The molecule has 0 aromatic heterocycles. The second-order valence-corrected chi connectivity index (χ2v) is 8.56. The van der Waals surface area contributed by atoms with Crippen LogP contribution in [-0.4, -0.2) is 39.4 Å². The van der Waals surface area contributed by atoms with E-state index in [0.29, 0.717) is 11.6 Å². The van der Waals surface area contributed by atoms with E-state index < -0.39 is 10.0 Å². The molecule has 2 aromatic carbocycles. The van der Waals surface area contributed by atoms with Gasteiger partial charge in [0.2, 0.25) is 10.0 Å². The average molecular weight is 378 g/mol. The number of nitrogens with one attached hydrogen (secondary N) is 1. The van der Waals surface area contributed by atoms with Crippen LogP contribution in [0, 0.1) is 0 Å². The Morgan fingerprint density at radius 2 is 1.80 bits per heavy atom. The van der Waals surface area contributed by atoms with E-state index in [0.717, 1.165) is 24.2 Å². The first-order valence-electron chi connectivity index (χ1n) is 8.27. The maximum absolute atomic E-state index is 12.9. The molecule has 0 amide bonds. The maximum atomic E-state index is 12.9. The smallest absolute Gasteiger partial charge is 0.237 e. The molecule has 3 rings (SSSR count). The highest BCUT2D eigenvalue weighted by molar-refractivity contribution is 7.92. The van der Waals surface area contributed by atoms with E-state index in [4.69, 9.17) is 11.6 Å². The van der Waals surface area contributed by atoms with Crippen LogP contribution in [0.25, 0.3) is 6.08 Å². The van der Waals surface area contributed by atoms with Gasteiger partial charge in [0, 0.05) is 10.4 Å². The summed E-state index contributed by atoms with van der Waals surface area (Å²) in [6.45, 7) is 2.08. The van der Waals surface area contributed by atoms with Crippen molar-refractivity contribution in [1.82, 2.24) is 4.31 Å². The third-order valence-corrected chi connectivity index (χ3v) is 6.28. The SMILES string of the molecule is C[NH+]1CCN(S(=O)(=O)/C=C/c2ccc(Cl)cc2)[C@H](c2ccccc2)C1. The van der Waals surface area contributed by atoms with E-state index in [1.807, 2.05) is 30.3 Å². The molecule has 1 aliphatic heterocycles. The lowest BCUT2D eigenvalue weighted by Gasteiger charge is -2.36. The molecule has 0 radical (unpaired) electrons. The lowest BCUT2D eigenvalue weighted by molar-refractivity contribution is -0.887. The van der Waals surface area contributed by atoms with Gasteiger partial charge in [-0.15, -0.1) is 0 Å². The summed E-state index contributed by atoms with van der Waals surface area (Å²) in [5, 5.41) is 1.93. The van der Waals surface area contributed by atoms with Crippen LogP contribution in [0.2, 0.25) is 5.02 Å². The maximum Gasteiger partial charge on any atom is 0.237 e. The summed E-state index contributed by atoms with van der Waals surface area (Å²) >= 11 is 5.87. The van der Waals surface area contributed by atoms with Gasteiger partial charge in [-0.2, -0.15) is 4.31 Å². The number of hydrogen-bond acceptors (Lipinski definition) is 2. The monoisotopic (exact) mass is 377 g/mol. The highest BCUT2D eigenvalue weighted by Gasteiger charge is 2.35. The number of nitrogens with zero attached hydrogens (tertiary/aromatic N) is 1. The first-order valence-corrected chi connectivity index (χ1v) is 10.2. The minimum atomic E-state index is -3.51. The summed E-state index contributed by atoms with van der Waals surface area (Å²) in [6.07, 6.45) is 1.62. The van der Waals surface area contributed by atoms with Gasteiger partial charge in [0.15, 0.2) is 0 Å². The Kier molecular flexibility index (Phi) is 5.59. The first-order chi connectivity index (χ1) is 12.0. The fourth-order valence-electron chi connectivity index (χ4n) is 3.07. The van der Waals surface area contributed by atoms with Gasteiger partial charge >= 0.3 is 0 Å². The van der Waals surface area contributed by atoms with Gasteiger partial charge in [-0.3, -0.25) is 0 Å². The number of likely N-dealkylation sites (N-methyl/N-ethyl adjacent to an activating group) is 1. The lowest BCUT2D eigenvalue weighted by Crippen LogP contribution is -3.12. The highest BCUT2D eigenvalue weighted by Crippen LogP contribution is 2.25. The van der Waals surface area contributed by atoms with Gasteiger partial charge in [-0.25, -0.2) is 8.42 Å². The molecule has 0 aliphatic carbocycles.